The minimum atomic E-state index is -3.87. The molecule has 6 nitrogen and oxygen atoms in total. The van der Waals surface area contributed by atoms with E-state index in [2.05, 4.69) is 21.7 Å². The second-order valence-electron chi connectivity index (χ2n) is 4.16. The van der Waals surface area contributed by atoms with Crippen molar-refractivity contribution in [2.75, 3.05) is 11.3 Å². The lowest BCUT2D eigenvalue weighted by Gasteiger charge is -2.07. The predicted octanol–water partition coefficient (Wildman–Crippen LogP) is 0.670. The van der Waals surface area contributed by atoms with Gasteiger partial charge in [0.05, 0.1) is 18.4 Å². The maximum atomic E-state index is 13.9. The van der Waals surface area contributed by atoms with Crippen molar-refractivity contribution in [3.63, 3.8) is 0 Å². The van der Waals surface area contributed by atoms with Gasteiger partial charge in [0.2, 0.25) is 0 Å². The zero-order valence-corrected chi connectivity index (χ0v) is 12.0. The number of nitrogens with two attached hydrogens (primary N) is 1. The molecule has 0 unspecified atom stereocenters. The zero-order chi connectivity index (χ0) is 15.5. The van der Waals surface area contributed by atoms with Crippen LogP contribution >= 0.6 is 0 Å². The number of aryl methyl sites for hydroxylation is 1. The summed E-state index contributed by atoms with van der Waals surface area (Å²) in [6, 6.07) is 3.96. The molecule has 0 fully saturated rings. The number of nitrogens with one attached hydrogen (secondary N) is 1. The summed E-state index contributed by atoms with van der Waals surface area (Å²) in [7, 11) is -2.29. The molecule has 0 saturated carbocycles. The minimum Gasteiger partial charge on any atom is -0.320 e. The number of halogens is 1. The molecule has 0 atom stereocenters. The van der Waals surface area contributed by atoms with Gasteiger partial charge in [0.1, 0.15) is 10.7 Å². The number of sulfonamides is 1. The van der Waals surface area contributed by atoms with E-state index in [9.17, 15) is 12.8 Å². The van der Waals surface area contributed by atoms with Gasteiger partial charge in [-0.25, -0.2) is 12.8 Å². The molecular formula is C13H13FN4O2S. The van der Waals surface area contributed by atoms with Gasteiger partial charge < -0.3 is 5.73 Å². The van der Waals surface area contributed by atoms with Crippen LogP contribution in [0.2, 0.25) is 0 Å². The van der Waals surface area contributed by atoms with Crippen LogP contribution in [0.5, 0.6) is 0 Å². The monoisotopic (exact) mass is 308 g/mol. The molecule has 2 rings (SSSR count). The first-order valence-electron chi connectivity index (χ1n) is 5.92. The van der Waals surface area contributed by atoms with Gasteiger partial charge in [-0.1, -0.05) is 11.8 Å². The molecule has 110 valence electrons. The van der Waals surface area contributed by atoms with Gasteiger partial charge in [0.25, 0.3) is 10.0 Å². The largest absolute Gasteiger partial charge is 0.320 e. The molecule has 21 heavy (non-hydrogen) atoms. The van der Waals surface area contributed by atoms with Gasteiger partial charge >= 0.3 is 0 Å². The normalized spacial score (nSPS) is 10.8. The highest BCUT2D eigenvalue weighted by molar-refractivity contribution is 7.92. The first-order valence-corrected chi connectivity index (χ1v) is 7.40. The van der Waals surface area contributed by atoms with Crippen molar-refractivity contribution in [3.05, 3.63) is 42.0 Å². The van der Waals surface area contributed by atoms with Gasteiger partial charge in [-0.3, -0.25) is 9.40 Å². The fraction of sp³-hybridized carbons (Fsp3) is 0.154. The second-order valence-corrected chi connectivity index (χ2v) is 5.84. The van der Waals surface area contributed by atoms with E-state index in [4.69, 9.17) is 5.73 Å². The summed E-state index contributed by atoms with van der Waals surface area (Å²) < 4.78 is 41.5. The Bertz CT molecular complexity index is 818. The van der Waals surface area contributed by atoms with E-state index in [0.29, 0.717) is 5.56 Å². The van der Waals surface area contributed by atoms with Crippen molar-refractivity contribution >= 4 is 15.7 Å². The summed E-state index contributed by atoms with van der Waals surface area (Å²) in [6.07, 6.45) is 2.50. The van der Waals surface area contributed by atoms with Crippen molar-refractivity contribution in [1.29, 1.82) is 0 Å². The summed E-state index contributed by atoms with van der Waals surface area (Å²) in [6.45, 7) is 0.164. The Hall–Kier alpha value is -2.37. The lowest BCUT2D eigenvalue weighted by molar-refractivity contribution is 0.598. The maximum Gasteiger partial charge on any atom is 0.265 e. The number of benzene rings is 1. The Balaban J connectivity index is 2.27. The number of aromatic nitrogens is 2. The van der Waals surface area contributed by atoms with Crippen molar-refractivity contribution in [2.45, 2.75) is 4.90 Å². The SMILES string of the molecule is Cn1cc(S(=O)(=O)Nc2ccc(C#CCN)cc2F)cn1. The van der Waals surface area contributed by atoms with E-state index in [0.717, 1.165) is 6.07 Å². The smallest absolute Gasteiger partial charge is 0.265 e. The molecular weight excluding hydrogens is 295 g/mol. The molecule has 0 aliphatic carbocycles. The molecule has 0 bridgehead atoms. The van der Waals surface area contributed by atoms with Crippen LogP contribution in [0.25, 0.3) is 0 Å². The highest BCUT2D eigenvalue weighted by Crippen LogP contribution is 2.19. The van der Waals surface area contributed by atoms with Crippen LogP contribution in [-0.4, -0.2) is 24.7 Å². The summed E-state index contributed by atoms with van der Waals surface area (Å²) in [4.78, 5) is -0.0450. The molecule has 8 heteroatoms. The molecule has 0 saturated heterocycles. The number of hydrogen-bond acceptors (Lipinski definition) is 4. The lowest BCUT2D eigenvalue weighted by Crippen LogP contribution is -2.13. The lowest BCUT2D eigenvalue weighted by atomic mass is 10.2. The van der Waals surface area contributed by atoms with Crippen molar-refractivity contribution in [1.82, 2.24) is 9.78 Å². The number of rotatable bonds is 3. The quantitative estimate of drug-likeness (QED) is 0.816. The Labute approximate surface area is 121 Å². The third-order valence-corrected chi connectivity index (χ3v) is 3.86. The highest BCUT2D eigenvalue weighted by Gasteiger charge is 2.18. The van der Waals surface area contributed by atoms with E-state index < -0.39 is 15.8 Å². The molecule has 0 aliphatic heterocycles. The number of anilines is 1. The van der Waals surface area contributed by atoms with Gasteiger partial charge in [0, 0.05) is 18.8 Å². The van der Waals surface area contributed by atoms with Crippen LogP contribution in [-0.2, 0) is 17.1 Å². The summed E-state index contributed by atoms with van der Waals surface area (Å²) in [5.74, 6) is 4.54. The van der Waals surface area contributed by atoms with Gasteiger partial charge in [-0.05, 0) is 18.2 Å². The van der Waals surface area contributed by atoms with Crippen molar-refractivity contribution in [2.24, 2.45) is 12.8 Å². The molecule has 1 aromatic carbocycles. The Morgan fingerprint density at radius 2 is 2.24 bits per heavy atom. The fourth-order valence-corrected chi connectivity index (χ4v) is 2.62. The van der Waals surface area contributed by atoms with Crippen molar-refractivity contribution in [3.8, 4) is 11.8 Å². The van der Waals surface area contributed by atoms with E-state index in [-0.39, 0.29) is 17.1 Å². The van der Waals surface area contributed by atoms with E-state index in [1.165, 1.54) is 29.2 Å². The highest BCUT2D eigenvalue weighted by atomic mass is 32.2. The Morgan fingerprint density at radius 1 is 1.48 bits per heavy atom. The van der Waals surface area contributed by atoms with Gasteiger partial charge in [0.15, 0.2) is 0 Å². The van der Waals surface area contributed by atoms with Crippen molar-refractivity contribution < 1.29 is 12.8 Å². The van der Waals surface area contributed by atoms with Crippen LogP contribution in [0, 0.1) is 17.7 Å². The van der Waals surface area contributed by atoms with E-state index in [1.54, 1.807) is 7.05 Å². The number of nitrogens with zero attached hydrogens (tertiary/aromatic N) is 2. The topological polar surface area (TPSA) is 90.0 Å². The molecule has 3 N–H and O–H groups in total. The third kappa shape index (κ3) is 3.59. The van der Waals surface area contributed by atoms with Gasteiger partial charge in [-0.2, -0.15) is 5.10 Å². The van der Waals surface area contributed by atoms with Crippen LogP contribution in [0.1, 0.15) is 5.56 Å². The third-order valence-electron chi connectivity index (χ3n) is 2.54. The summed E-state index contributed by atoms with van der Waals surface area (Å²) in [5, 5.41) is 3.77. The molecule has 1 heterocycles. The number of hydrogen-bond donors (Lipinski definition) is 2. The molecule has 0 radical (unpaired) electrons. The standard InChI is InChI=1S/C13H13FN4O2S/c1-18-9-11(8-16-18)21(19,20)17-13-5-4-10(3-2-6-15)7-12(13)14/h4-5,7-9,17H,6,15H2,1H3. The molecule has 0 aliphatic rings. The average Bonchev–Trinajstić information content (AvgIpc) is 2.86. The molecule has 0 amide bonds. The minimum absolute atomic E-state index is 0.0450. The van der Waals surface area contributed by atoms with Gasteiger partial charge in [-0.15, -0.1) is 0 Å². The molecule has 1 aromatic heterocycles. The van der Waals surface area contributed by atoms with E-state index in [1.807, 2.05) is 0 Å². The first kappa shape index (κ1) is 15.0. The molecule has 0 spiro atoms. The first-order chi connectivity index (χ1) is 9.92. The second kappa shape index (κ2) is 5.95. The summed E-state index contributed by atoms with van der Waals surface area (Å²) >= 11 is 0. The van der Waals surface area contributed by atoms with E-state index >= 15 is 0 Å². The predicted molar refractivity (Wildman–Crippen MR) is 76.3 cm³/mol. The fourth-order valence-electron chi connectivity index (χ4n) is 1.57. The van der Waals surface area contributed by atoms with Crippen LogP contribution in [0.3, 0.4) is 0 Å². The summed E-state index contributed by atoms with van der Waals surface area (Å²) in [5.41, 5.74) is 5.49. The average molecular weight is 308 g/mol. The Kier molecular flexibility index (Phi) is 4.26. The zero-order valence-electron chi connectivity index (χ0n) is 11.2. The Morgan fingerprint density at radius 3 is 2.81 bits per heavy atom. The maximum absolute atomic E-state index is 13.9. The van der Waals surface area contributed by atoms with Crippen LogP contribution in [0.4, 0.5) is 10.1 Å². The van der Waals surface area contributed by atoms with Crippen LogP contribution < -0.4 is 10.5 Å². The molecule has 2 aromatic rings. The van der Waals surface area contributed by atoms with Crippen LogP contribution in [0.15, 0.2) is 35.5 Å².